The first-order valence-corrected chi connectivity index (χ1v) is 10.9. The van der Waals surface area contributed by atoms with E-state index in [9.17, 15) is 9.59 Å². The van der Waals surface area contributed by atoms with E-state index in [1.54, 1.807) is 0 Å². The number of nitrogens with one attached hydrogen (secondary N) is 1. The van der Waals surface area contributed by atoms with Crippen molar-refractivity contribution < 1.29 is 19.1 Å². The van der Waals surface area contributed by atoms with Gasteiger partial charge in [0.15, 0.2) is 6.61 Å². The minimum absolute atomic E-state index is 0.00227. The van der Waals surface area contributed by atoms with Gasteiger partial charge in [-0.1, -0.05) is 17.7 Å². The number of fused-ring (bicyclic) bond motifs is 1. The Balaban J connectivity index is 1.49. The Kier molecular flexibility index (Phi) is 6.16. The Morgan fingerprint density at radius 1 is 1.14 bits per heavy atom. The number of hydrogen-bond acceptors (Lipinski definition) is 5. The van der Waals surface area contributed by atoms with Gasteiger partial charge in [0.05, 0.1) is 18.8 Å². The third kappa shape index (κ3) is 4.62. The molecule has 7 heteroatoms. The van der Waals surface area contributed by atoms with Crippen molar-refractivity contribution >= 4 is 28.2 Å². The van der Waals surface area contributed by atoms with Crippen LogP contribution < -0.4 is 10.1 Å². The number of anilines is 1. The molecule has 1 aromatic carbocycles. The van der Waals surface area contributed by atoms with Crippen molar-refractivity contribution in [2.45, 2.75) is 32.6 Å². The highest BCUT2D eigenvalue weighted by molar-refractivity contribution is 7.17. The third-order valence-corrected chi connectivity index (χ3v) is 6.53. The second-order valence-electron chi connectivity index (χ2n) is 7.47. The molecular formula is C22H26N2O4S. The Morgan fingerprint density at radius 2 is 1.86 bits per heavy atom. The monoisotopic (exact) mass is 414 g/mol. The number of amides is 2. The van der Waals surface area contributed by atoms with Gasteiger partial charge in [-0.3, -0.25) is 9.59 Å². The molecule has 6 nitrogen and oxygen atoms in total. The van der Waals surface area contributed by atoms with E-state index in [1.165, 1.54) is 16.2 Å². The zero-order valence-corrected chi connectivity index (χ0v) is 17.5. The molecule has 1 aromatic heterocycles. The number of benzene rings is 1. The average Bonchev–Trinajstić information content (AvgIpc) is 3.11. The van der Waals surface area contributed by atoms with Crippen LogP contribution in [0, 0.1) is 6.92 Å². The number of nitrogens with zero attached hydrogens (tertiary/aromatic N) is 1. The molecule has 1 N–H and O–H groups in total. The highest BCUT2D eigenvalue weighted by atomic mass is 32.1. The Bertz CT molecular complexity index is 885. The van der Waals surface area contributed by atoms with Gasteiger partial charge in [-0.2, -0.15) is 0 Å². The Labute approximate surface area is 174 Å². The number of morpholine rings is 1. The molecule has 2 aliphatic rings. The van der Waals surface area contributed by atoms with E-state index in [0.29, 0.717) is 42.6 Å². The lowest BCUT2D eigenvalue weighted by Gasteiger charge is -2.27. The van der Waals surface area contributed by atoms with Gasteiger partial charge in [0, 0.05) is 18.0 Å². The van der Waals surface area contributed by atoms with Crippen molar-refractivity contribution in [2.24, 2.45) is 0 Å². The minimum atomic E-state index is -0.250. The molecule has 154 valence electrons. The van der Waals surface area contributed by atoms with Crippen LogP contribution in [0.3, 0.4) is 0 Å². The molecule has 2 amide bonds. The zero-order valence-electron chi connectivity index (χ0n) is 16.7. The maximum Gasteiger partial charge on any atom is 0.262 e. The van der Waals surface area contributed by atoms with Gasteiger partial charge in [-0.15, -0.1) is 11.3 Å². The van der Waals surface area contributed by atoms with Crippen molar-refractivity contribution in [3.05, 3.63) is 45.8 Å². The highest BCUT2D eigenvalue weighted by Crippen LogP contribution is 2.39. The standard InChI is InChI=1S/C22H26N2O4S/c1-15-6-8-16(9-7-15)28-14-19(25)23-21-20(17-4-2-3-5-18(17)29-21)22(26)24-10-12-27-13-11-24/h6-9H,2-5,10-14H2,1H3,(H,23,25). The second-order valence-corrected chi connectivity index (χ2v) is 8.57. The van der Waals surface area contributed by atoms with E-state index < -0.39 is 0 Å². The number of aryl methyl sites for hydroxylation is 2. The molecule has 2 heterocycles. The summed E-state index contributed by atoms with van der Waals surface area (Å²) < 4.78 is 11.0. The second kappa shape index (κ2) is 8.97. The first-order valence-electron chi connectivity index (χ1n) is 10.1. The molecule has 2 aromatic rings. The Morgan fingerprint density at radius 3 is 2.62 bits per heavy atom. The van der Waals surface area contributed by atoms with E-state index in [1.807, 2.05) is 36.1 Å². The van der Waals surface area contributed by atoms with Crippen molar-refractivity contribution in [3.63, 3.8) is 0 Å². The average molecular weight is 415 g/mol. The normalized spacial score (nSPS) is 16.2. The van der Waals surface area contributed by atoms with Crippen LogP contribution in [-0.4, -0.2) is 49.6 Å². The van der Waals surface area contributed by atoms with Crippen molar-refractivity contribution in [2.75, 3.05) is 38.2 Å². The molecule has 1 aliphatic carbocycles. The molecule has 0 atom stereocenters. The molecule has 1 fully saturated rings. The highest BCUT2D eigenvalue weighted by Gasteiger charge is 2.30. The van der Waals surface area contributed by atoms with Crippen LogP contribution in [-0.2, 0) is 22.4 Å². The van der Waals surface area contributed by atoms with E-state index in [2.05, 4.69) is 5.32 Å². The molecule has 1 saturated heterocycles. The number of rotatable bonds is 5. The summed E-state index contributed by atoms with van der Waals surface area (Å²) in [6, 6.07) is 7.58. The molecule has 0 saturated carbocycles. The number of ether oxygens (including phenoxy) is 2. The van der Waals surface area contributed by atoms with Gasteiger partial charge < -0.3 is 19.7 Å². The smallest absolute Gasteiger partial charge is 0.262 e. The number of carbonyl (C=O) groups excluding carboxylic acids is 2. The van der Waals surface area contributed by atoms with E-state index in [4.69, 9.17) is 9.47 Å². The topological polar surface area (TPSA) is 67.9 Å². The third-order valence-electron chi connectivity index (χ3n) is 5.33. The van der Waals surface area contributed by atoms with Gasteiger partial charge in [-0.25, -0.2) is 0 Å². The van der Waals surface area contributed by atoms with Crippen molar-refractivity contribution in [1.82, 2.24) is 4.90 Å². The Hall–Kier alpha value is -2.38. The summed E-state index contributed by atoms with van der Waals surface area (Å²) in [6.45, 7) is 4.22. The molecule has 0 radical (unpaired) electrons. The molecule has 29 heavy (non-hydrogen) atoms. The van der Waals surface area contributed by atoms with Gasteiger partial charge in [0.1, 0.15) is 10.8 Å². The summed E-state index contributed by atoms with van der Waals surface area (Å²) in [4.78, 5) is 28.8. The predicted molar refractivity (Wildman–Crippen MR) is 113 cm³/mol. The summed E-state index contributed by atoms with van der Waals surface area (Å²) in [5.74, 6) is 0.406. The summed E-state index contributed by atoms with van der Waals surface area (Å²) in [5, 5.41) is 3.60. The lowest BCUT2D eigenvalue weighted by Crippen LogP contribution is -2.41. The van der Waals surface area contributed by atoms with Crippen LogP contribution in [0.15, 0.2) is 24.3 Å². The van der Waals surface area contributed by atoms with Gasteiger partial charge in [0.2, 0.25) is 0 Å². The van der Waals surface area contributed by atoms with Crippen LogP contribution in [0.1, 0.15) is 39.2 Å². The number of thiophene rings is 1. The van der Waals surface area contributed by atoms with Gasteiger partial charge in [-0.05, 0) is 50.3 Å². The fourth-order valence-corrected chi connectivity index (χ4v) is 5.05. The molecule has 1 aliphatic heterocycles. The lowest BCUT2D eigenvalue weighted by molar-refractivity contribution is -0.118. The first-order chi connectivity index (χ1) is 14.1. The summed E-state index contributed by atoms with van der Waals surface area (Å²) >= 11 is 1.54. The zero-order chi connectivity index (χ0) is 20.2. The van der Waals surface area contributed by atoms with E-state index in [0.717, 1.165) is 36.8 Å². The summed E-state index contributed by atoms with van der Waals surface area (Å²) in [7, 11) is 0. The maximum absolute atomic E-state index is 13.2. The fourth-order valence-electron chi connectivity index (χ4n) is 3.75. The van der Waals surface area contributed by atoms with Crippen LogP contribution >= 0.6 is 11.3 Å². The lowest BCUT2D eigenvalue weighted by atomic mass is 9.95. The SMILES string of the molecule is Cc1ccc(OCC(=O)Nc2sc3c(c2C(=O)N2CCOCC2)CCCC3)cc1. The van der Waals surface area contributed by atoms with E-state index in [-0.39, 0.29) is 18.4 Å². The van der Waals surface area contributed by atoms with Crippen LogP contribution in [0.5, 0.6) is 5.75 Å². The predicted octanol–water partition coefficient (Wildman–Crippen LogP) is 3.43. The summed E-state index contributed by atoms with van der Waals surface area (Å²) in [5.41, 5.74) is 2.93. The largest absolute Gasteiger partial charge is 0.484 e. The molecule has 4 rings (SSSR count). The fraction of sp³-hybridized carbons (Fsp3) is 0.455. The van der Waals surface area contributed by atoms with Gasteiger partial charge >= 0.3 is 0 Å². The van der Waals surface area contributed by atoms with Crippen LogP contribution in [0.25, 0.3) is 0 Å². The maximum atomic E-state index is 13.2. The first kappa shape index (κ1) is 19.9. The van der Waals surface area contributed by atoms with Gasteiger partial charge in [0.25, 0.3) is 11.8 Å². The summed E-state index contributed by atoms with van der Waals surface area (Å²) in [6.07, 6.45) is 4.08. The number of carbonyl (C=O) groups is 2. The molecule has 0 unspecified atom stereocenters. The molecule has 0 spiro atoms. The minimum Gasteiger partial charge on any atom is -0.484 e. The molecule has 0 bridgehead atoms. The van der Waals surface area contributed by atoms with Crippen LogP contribution in [0.4, 0.5) is 5.00 Å². The van der Waals surface area contributed by atoms with Crippen molar-refractivity contribution in [3.8, 4) is 5.75 Å². The van der Waals surface area contributed by atoms with E-state index >= 15 is 0 Å². The quantitative estimate of drug-likeness (QED) is 0.814. The van der Waals surface area contributed by atoms with Crippen molar-refractivity contribution in [1.29, 1.82) is 0 Å². The molecular weight excluding hydrogens is 388 g/mol. The number of hydrogen-bond donors (Lipinski definition) is 1. The van der Waals surface area contributed by atoms with Crippen LogP contribution in [0.2, 0.25) is 0 Å².